The summed E-state index contributed by atoms with van der Waals surface area (Å²) in [6.07, 6.45) is 2.24. The zero-order valence-corrected chi connectivity index (χ0v) is 23.2. The largest absolute Gasteiger partial charge is 0.493 e. The van der Waals surface area contributed by atoms with E-state index >= 15 is 0 Å². The smallest absolute Gasteiger partial charge is 0.351 e. The molecule has 0 radical (unpaired) electrons. The molecule has 3 aromatic carbocycles. The van der Waals surface area contributed by atoms with E-state index in [0.717, 1.165) is 10.8 Å². The number of thioether (sulfide) groups is 1. The lowest BCUT2D eigenvalue weighted by molar-refractivity contribution is -0.129. The number of nitrogens with zero attached hydrogens (tertiary/aromatic N) is 4. The third kappa shape index (κ3) is 6.77. The highest BCUT2D eigenvalue weighted by molar-refractivity contribution is 8.18. The average Bonchev–Trinajstić information content (AvgIpc) is 3.50. The van der Waals surface area contributed by atoms with Crippen LogP contribution in [0.3, 0.4) is 0 Å². The Labute approximate surface area is 247 Å². The van der Waals surface area contributed by atoms with Gasteiger partial charge in [0.2, 0.25) is 0 Å². The number of esters is 1. The number of nitrogens with one attached hydrogen (secondary N) is 2. The molecular weight excluding hydrogens is 576 g/mol. The van der Waals surface area contributed by atoms with Crippen LogP contribution in [0.2, 0.25) is 0 Å². The van der Waals surface area contributed by atoms with Crippen molar-refractivity contribution in [3.05, 3.63) is 106 Å². The second-order valence-corrected chi connectivity index (χ2v) is 9.79. The van der Waals surface area contributed by atoms with Crippen LogP contribution >= 0.6 is 11.8 Å². The molecule has 1 aromatic heterocycles. The highest BCUT2D eigenvalue weighted by Gasteiger charge is 2.26. The van der Waals surface area contributed by atoms with E-state index in [1.165, 1.54) is 30.0 Å². The van der Waals surface area contributed by atoms with E-state index in [0.29, 0.717) is 34.4 Å². The Morgan fingerprint density at radius 2 is 1.72 bits per heavy atom. The number of carbonyl (C=O) groups is 4. The molecule has 43 heavy (non-hydrogen) atoms. The van der Waals surface area contributed by atoms with Crippen molar-refractivity contribution < 1.29 is 28.7 Å². The standard InChI is InChI=1S/C29H22N6O7S/c1-41-22-14-18(12-13-21(22)42-25(37)15-23-27(38)31-28(39)43-23)16-30-32-24(36)17-34-29(40)35(20-10-6-3-7-11-20)26(33-34)19-8-4-2-5-9-19/h2-16H,17H2,1H3,(H,32,36)(H,31,38,39). The number of methoxy groups -OCH3 is 1. The predicted octanol–water partition coefficient (Wildman–Crippen LogP) is 2.63. The van der Waals surface area contributed by atoms with Crippen molar-refractivity contribution in [2.24, 2.45) is 5.10 Å². The normalized spacial score (nSPS) is 13.7. The summed E-state index contributed by atoms with van der Waals surface area (Å²) in [7, 11) is 1.36. The van der Waals surface area contributed by atoms with Gasteiger partial charge in [-0.2, -0.15) is 5.10 Å². The fourth-order valence-electron chi connectivity index (χ4n) is 3.96. The second kappa shape index (κ2) is 12.8. The van der Waals surface area contributed by atoms with Crippen molar-refractivity contribution in [3.63, 3.8) is 0 Å². The fourth-order valence-corrected chi connectivity index (χ4v) is 4.60. The molecule has 14 heteroatoms. The Balaban J connectivity index is 1.26. The molecule has 1 aliphatic rings. The molecule has 1 fully saturated rings. The van der Waals surface area contributed by atoms with Gasteiger partial charge in [0, 0.05) is 11.6 Å². The van der Waals surface area contributed by atoms with Crippen molar-refractivity contribution in [2.75, 3.05) is 7.11 Å². The van der Waals surface area contributed by atoms with Gasteiger partial charge in [0.25, 0.3) is 17.1 Å². The minimum Gasteiger partial charge on any atom is -0.493 e. The van der Waals surface area contributed by atoms with E-state index in [4.69, 9.17) is 9.47 Å². The van der Waals surface area contributed by atoms with Gasteiger partial charge in [0.15, 0.2) is 17.3 Å². The molecule has 1 aliphatic heterocycles. The van der Waals surface area contributed by atoms with Crippen molar-refractivity contribution in [3.8, 4) is 28.6 Å². The molecule has 216 valence electrons. The molecule has 2 heterocycles. The summed E-state index contributed by atoms with van der Waals surface area (Å²) >= 11 is 0.591. The summed E-state index contributed by atoms with van der Waals surface area (Å²) in [5, 5.41) is 9.81. The van der Waals surface area contributed by atoms with Crippen LogP contribution in [0.25, 0.3) is 17.1 Å². The van der Waals surface area contributed by atoms with Gasteiger partial charge in [-0.25, -0.2) is 24.3 Å². The van der Waals surface area contributed by atoms with Gasteiger partial charge >= 0.3 is 11.7 Å². The number of para-hydroxylation sites is 1. The van der Waals surface area contributed by atoms with E-state index in [1.54, 1.807) is 30.3 Å². The van der Waals surface area contributed by atoms with Gasteiger partial charge < -0.3 is 9.47 Å². The molecule has 3 amide bonds. The molecule has 4 aromatic rings. The maximum Gasteiger partial charge on any atom is 0.351 e. The van der Waals surface area contributed by atoms with Crippen LogP contribution in [0, 0.1) is 0 Å². The molecule has 0 atom stereocenters. The summed E-state index contributed by atoms with van der Waals surface area (Å²) in [5.74, 6) is -1.53. The lowest BCUT2D eigenvalue weighted by atomic mass is 10.2. The number of hydrogen-bond acceptors (Lipinski definition) is 10. The van der Waals surface area contributed by atoms with Crippen LogP contribution in [0.15, 0.2) is 99.7 Å². The average molecular weight is 599 g/mol. The Bertz CT molecular complexity index is 1830. The molecule has 2 N–H and O–H groups in total. The van der Waals surface area contributed by atoms with Crippen molar-refractivity contribution in [1.82, 2.24) is 25.1 Å². The zero-order chi connectivity index (χ0) is 30.3. The molecule has 13 nitrogen and oxygen atoms in total. The highest BCUT2D eigenvalue weighted by Crippen LogP contribution is 2.29. The second-order valence-electron chi connectivity index (χ2n) is 8.78. The molecular formula is C29H22N6O7S. The Hall–Kier alpha value is -5.76. The van der Waals surface area contributed by atoms with E-state index in [9.17, 15) is 24.0 Å². The maximum absolute atomic E-state index is 13.3. The van der Waals surface area contributed by atoms with Gasteiger partial charge in [0.1, 0.15) is 6.54 Å². The Morgan fingerprint density at radius 3 is 2.40 bits per heavy atom. The van der Waals surface area contributed by atoms with Gasteiger partial charge in [0.05, 0.1) is 23.9 Å². The molecule has 0 unspecified atom stereocenters. The molecule has 0 spiro atoms. The number of benzene rings is 3. The van der Waals surface area contributed by atoms with Crippen molar-refractivity contribution in [1.29, 1.82) is 0 Å². The van der Waals surface area contributed by atoms with Crippen LogP contribution in [0.5, 0.6) is 11.5 Å². The number of rotatable bonds is 9. The maximum atomic E-state index is 13.3. The number of hydrogen-bond donors (Lipinski definition) is 2. The number of aromatic nitrogens is 3. The van der Waals surface area contributed by atoms with Crippen molar-refractivity contribution in [2.45, 2.75) is 6.54 Å². The highest BCUT2D eigenvalue weighted by atomic mass is 32.2. The number of amides is 3. The molecule has 0 bridgehead atoms. The first kappa shape index (κ1) is 28.8. The van der Waals surface area contributed by atoms with Crippen LogP contribution in [-0.4, -0.2) is 50.7 Å². The first-order valence-corrected chi connectivity index (χ1v) is 13.4. The summed E-state index contributed by atoms with van der Waals surface area (Å²) in [5.41, 5.74) is 3.68. The summed E-state index contributed by atoms with van der Waals surface area (Å²) in [6, 6.07) is 22.6. The lowest BCUT2D eigenvalue weighted by Gasteiger charge is -2.08. The molecule has 5 rings (SSSR count). The first-order chi connectivity index (χ1) is 20.8. The van der Waals surface area contributed by atoms with Crippen LogP contribution < -0.4 is 25.9 Å². The fraction of sp³-hybridized carbons (Fsp3) is 0.0690. The lowest BCUT2D eigenvalue weighted by Crippen LogP contribution is -2.31. The van der Waals surface area contributed by atoms with Crippen LogP contribution in [0.1, 0.15) is 5.56 Å². The third-order valence-corrected chi connectivity index (χ3v) is 6.68. The number of ether oxygens (including phenoxy) is 2. The van der Waals surface area contributed by atoms with E-state index < -0.39 is 28.7 Å². The van der Waals surface area contributed by atoms with E-state index in [2.05, 4.69) is 15.6 Å². The van der Waals surface area contributed by atoms with Crippen molar-refractivity contribution >= 4 is 41.0 Å². The topological polar surface area (TPSA) is 163 Å². The first-order valence-electron chi connectivity index (χ1n) is 12.6. The monoisotopic (exact) mass is 598 g/mol. The number of carbonyl (C=O) groups excluding carboxylic acids is 4. The van der Waals surface area contributed by atoms with Gasteiger partial charge in [-0.1, -0.05) is 48.5 Å². The number of imide groups is 1. The SMILES string of the molecule is COc1cc(C=NNC(=O)Cn2nc(-c3ccccc3)n(-c3ccccc3)c2=O)ccc1OC(=O)C=C1SC(=O)NC1=O. The predicted molar refractivity (Wildman–Crippen MR) is 157 cm³/mol. The third-order valence-electron chi connectivity index (χ3n) is 5.87. The molecule has 0 saturated carbocycles. The summed E-state index contributed by atoms with van der Waals surface area (Å²) in [4.78, 5) is 60.9. The zero-order valence-electron chi connectivity index (χ0n) is 22.4. The van der Waals surface area contributed by atoms with E-state index in [1.807, 2.05) is 41.7 Å². The number of hydrazone groups is 1. The minimum absolute atomic E-state index is 0.0582. The van der Waals surface area contributed by atoms with Gasteiger partial charge in [-0.05, 0) is 47.7 Å². The van der Waals surface area contributed by atoms with Gasteiger partial charge in [-0.15, -0.1) is 5.10 Å². The minimum atomic E-state index is -0.875. The summed E-state index contributed by atoms with van der Waals surface area (Å²) < 4.78 is 13.0. The molecule has 0 aliphatic carbocycles. The quantitative estimate of drug-likeness (QED) is 0.0969. The van der Waals surface area contributed by atoms with E-state index in [-0.39, 0.29) is 22.9 Å². The van der Waals surface area contributed by atoms with Crippen LogP contribution in [0.4, 0.5) is 4.79 Å². The van der Waals surface area contributed by atoms with Gasteiger partial charge in [-0.3, -0.25) is 19.7 Å². The summed E-state index contributed by atoms with van der Waals surface area (Å²) in [6.45, 7) is -0.383. The Morgan fingerprint density at radius 1 is 1.00 bits per heavy atom. The molecule has 1 saturated heterocycles. The van der Waals surface area contributed by atoms with Crippen LogP contribution in [-0.2, 0) is 20.9 Å². The Kier molecular flexibility index (Phi) is 8.58.